The molecule has 1 aliphatic heterocycles. The predicted molar refractivity (Wildman–Crippen MR) is 147 cm³/mol. The van der Waals surface area contributed by atoms with E-state index in [9.17, 15) is 40.4 Å². The SMILES string of the molecule is CC1(C)C(=O)N(c2ccc(C#N)c(C(F)(F)F)c2)C(=O)N1Cc1ccc(F)cc1NC(=O)Nc1ccc(S(C)(=O)=O)cc1. The molecule has 43 heavy (non-hydrogen) atoms. The van der Waals surface area contributed by atoms with Gasteiger partial charge in [-0.25, -0.2) is 27.3 Å². The fraction of sp³-hybridized carbons (Fsp3) is 0.214. The van der Waals surface area contributed by atoms with Crippen LogP contribution in [0.4, 0.5) is 44.2 Å². The van der Waals surface area contributed by atoms with Gasteiger partial charge in [0.2, 0.25) is 0 Å². The van der Waals surface area contributed by atoms with Gasteiger partial charge in [-0.2, -0.15) is 18.4 Å². The zero-order valence-corrected chi connectivity index (χ0v) is 23.6. The van der Waals surface area contributed by atoms with E-state index in [1.165, 1.54) is 50.2 Å². The number of rotatable bonds is 6. The van der Waals surface area contributed by atoms with E-state index < -0.39 is 62.2 Å². The van der Waals surface area contributed by atoms with Crippen LogP contribution in [0.1, 0.15) is 30.5 Å². The summed E-state index contributed by atoms with van der Waals surface area (Å²) in [5.74, 6) is -1.58. The smallest absolute Gasteiger partial charge is 0.308 e. The van der Waals surface area contributed by atoms with E-state index in [1.807, 2.05) is 0 Å². The van der Waals surface area contributed by atoms with Gasteiger partial charge in [-0.05, 0) is 74.0 Å². The molecular formula is C28H23F4N5O5S. The average molecular weight is 618 g/mol. The Balaban J connectivity index is 1.60. The van der Waals surface area contributed by atoms with E-state index in [0.29, 0.717) is 11.0 Å². The van der Waals surface area contributed by atoms with Crippen molar-refractivity contribution in [3.05, 3.63) is 83.2 Å². The van der Waals surface area contributed by atoms with Crippen LogP contribution < -0.4 is 15.5 Å². The van der Waals surface area contributed by atoms with Gasteiger partial charge in [0, 0.05) is 11.9 Å². The normalized spacial score (nSPS) is 14.9. The third-order valence-electron chi connectivity index (χ3n) is 6.70. The minimum atomic E-state index is -4.92. The second kappa shape index (κ2) is 11.0. The largest absolute Gasteiger partial charge is 0.417 e. The number of nitriles is 1. The van der Waals surface area contributed by atoms with Crippen molar-refractivity contribution >= 4 is 44.9 Å². The Morgan fingerprint density at radius 1 is 1.00 bits per heavy atom. The van der Waals surface area contributed by atoms with Crippen molar-refractivity contribution in [2.75, 3.05) is 21.8 Å². The fourth-order valence-corrected chi connectivity index (χ4v) is 5.01. The summed E-state index contributed by atoms with van der Waals surface area (Å²) in [6.45, 7) is 2.41. The minimum absolute atomic E-state index is 0.0306. The highest BCUT2D eigenvalue weighted by Crippen LogP contribution is 2.38. The summed E-state index contributed by atoms with van der Waals surface area (Å²) in [6.07, 6.45) is -3.90. The molecule has 10 nitrogen and oxygen atoms in total. The Bertz CT molecular complexity index is 1780. The molecule has 15 heteroatoms. The number of sulfone groups is 1. The van der Waals surface area contributed by atoms with E-state index in [0.717, 1.165) is 35.4 Å². The van der Waals surface area contributed by atoms with Gasteiger partial charge in [0.1, 0.15) is 11.4 Å². The van der Waals surface area contributed by atoms with E-state index in [2.05, 4.69) is 10.6 Å². The van der Waals surface area contributed by atoms with Gasteiger partial charge in [0.25, 0.3) is 5.91 Å². The second-order valence-corrected chi connectivity index (χ2v) is 12.1. The highest BCUT2D eigenvalue weighted by atomic mass is 32.2. The maximum absolute atomic E-state index is 14.2. The first-order valence-corrected chi connectivity index (χ1v) is 14.3. The van der Waals surface area contributed by atoms with Crippen LogP contribution in [0.15, 0.2) is 65.6 Å². The summed E-state index contributed by atoms with van der Waals surface area (Å²) in [6, 6.07) is 10.7. The molecule has 1 heterocycles. The molecule has 2 N–H and O–H groups in total. The Kier molecular flexibility index (Phi) is 7.94. The molecule has 0 saturated carbocycles. The van der Waals surface area contributed by atoms with Crippen LogP contribution in [0.25, 0.3) is 0 Å². The molecule has 0 aliphatic carbocycles. The monoisotopic (exact) mass is 617 g/mol. The van der Waals surface area contributed by atoms with Crippen LogP contribution in [0.3, 0.4) is 0 Å². The number of carbonyl (C=O) groups is 3. The highest BCUT2D eigenvalue weighted by molar-refractivity contribution is 7.90. The van der Waals surface area contributed by atoms with Gasteiger partial charge in [-0.1, -0.05) is 6.07 Å². The van der Waals surface area contributed by atoms with Gasteiger partial charge >= 0.3 is 18.2 Å². The lowest BCUT2D eigenvalue weighted by atomic mass is 10.0. The first kappa shape index (κ1) is 31.0. The molecule has 3 aromatic carbocycles. The first-order chi connectivity index (χ1) is 19.9. The first-order valence-electron chi connectivity index (χ1n) is 12.4. The molecule has 4 rings (SSSR count). The van der Waals surface area contributed by atoms with Crippen LogP contribution >= 0.6 is 0 Å². The van der Waals surface area contributed by atoms with Crippen molar-refractivity contribution in [3.63, 3.8) is 0 Å². The number of anilines is 3. The Morgan fingerprint density at radius 3 is 2.23 bits per heavy atom. The van der Waals surface area contributed by atoms with Crippen molar-refractivity contribution in [1.82, 2.24) is 4.90 Å². The Labute approximate surface area is 243 Å². The van der Waals surface area contributed by atoms with Crippen LogP contribution in [0, 0.1) is 17.1 Å². The maximum Gasteiger partial charge on any atom is 0.417 e. The third kappa shape index (κ3) is 6.28. The number of nitrogens with one attached hydrogen (secondary N) is 2. The summed E-state index contributed by atoms with van der Waals surface area (Å²) >= 11 is 0. The number of amides is 5. The second-order valence-electron chi connectivity index (χ2n) is 10.1. The van der Waals surface area contributed by atoms with Crippen LogP contribution in [-0.2, 0) is 27.4 Å². The van der Waals surface area contributed by atoms with Gasteiger partial charge < -0.3 is 15.5 Å². The maximum atomic E-state index is 14.2. The summed E-state index contributed by atoms with van der Waals surface area (Å²) in [5.41, 5.74) is -3.62. The molecule has 0 aromatic heterocycles. The molecule has 0 unspecified atom stereocenters. The number of benzene rings is 3. The van der Waals surface area contributed by atoms with Gasteiger partial charge in [-0.15, -0.1) is 0 Å². The zero-order valence-electron chi connectivity index (χ0n) is 22.8. The average Bonchev–Trinajstić information content (AvgIpc) is 3.07. The van der Waals surface area contributed by atoms with E-state index in [4.69, 9.17) is 5.26 Å². The fourth-order valence-electron chi connectivity index (χ4n) is 4.38. The topological polar surface area (TPSA) is 140 Å². The summed E-state index contributed by atoms with van der Waals surface area (Å²) in [7, 11) is -3.46. The van der Waals surface area contributed by atoms with Crippen molar-refractivity contribution < 1.29 is 40.4 Å². The molecular weight excluding hydrogens is 594 g/mol. The number of nitrogens with zero attached hydrogens (tertiary/aromatic N) is 3. The number of urea groups is 2. The lowest BCUT2D eigenvalue weighted by Gasteiger charge is -2.28. The number of alkyl halides is 3. The van der Waals surface area contributed by atoms with Crippen molar-refractivity contribution in [3.8, 4) is 6.07 Å². The summed E-state index contributed by atoms with van der Waals surface area (Å²) < 4.78 is 78.1. The molecule has 0 atom stereocenters. The highest BCUT2D eigenvalue weighted by Gasteiger charge is 2.52. The lowest BCUT2D eigenvalue weighted by Crippen LogP contribution is -2.43. The molecule has 1 fully saturated rings. The number of carbonyl (C=O) groups excluding carboxylic acids is 3. The van der Waals surface area contributed by atoms with Gasteiger partial charge in [0.15, 0.2) is 9.84 Å². The summed E-state index contributed by atoms with van der Waals surface area (Å²) in [4.78, 5) is 41.1. The van der Waals surface area contributed by atoms with E-state index >= 15 is 0 Å². The molecule has 5 amide bonds. The molecule has 1 aliphatic rings. The number of hydrogen-bond acceptors (Lipinski definition) is 6. The van der Waals surface area contributed by atoms with Crippen molar-refractivity contribution in [2.45, 2.75) is 37.0 Å². The third-order valence-corrected chi connectivity index (χ3v) is 7.83. The van der Waals surface area contributed by atoms with Crippen LogP contribution in [-0.4, -0.2) is 43.1 Å². The number of imide groups is 1. The van der Waals surface area contributed by atoms with Crippen molar-refractivity contribution in [1.29, 1.82) is 5.26 Å². The molecule has 0 bridgehead atoms. The van der Waals surface area contributed by atoms with Crippen LogP contribution in [0.2, 0.25) is 0 Å². The molecule has 0 spiro atoms. The molecule has 1 saturated heterocycles. The quantitative estimate of drug-likeness (QED) is 0.276. The molecule has 224 valence electrons. The lowest BCUT2D eigenvalue weighted by molar-refractivity contribution is -0.137. The van der Waals surface area contributed by atoms with Crippen molar-refractivity contribution in [2.24, 2.45) is 0 Å². The van der Waals surface area contributed by atoms with E-state index in [1.54, 1.807) is 0 Å². The standard InChI is InChI=1S/C28H23F4N5O5S/c1-27(2)24(38)37(20-9-5-16(14-33)22(13-20)28(30,31)32)26(40)36(27)15-17-4-6-18(29)12-23(17)35-25(39)34-19-7-10-21(11-8-19)43(3,41)42/h4-13H,15H2,1-3H3,(H2,34,35,39). The zero-order chi connectivity index (χ0) is 31.9. The predicted octanol–water partition coefficient (Wildman–Crippen LogP) is 5.51. The number of halogens is 4. The summed E-state index contributed by atoms with van der Waals surface area (Å²) in [5, 5.41) is 14.0. The van der Waals surface area contributed by atoms with Gasteiger partial charge in [-0.3, -0.25) is 4.79 Å². The number of hydrogen-bond donors (Lipinski definition) is 2. The molecule has 3 aromatic rings. The van der Waals surface area contributed by atoms with Crippen LogP contribution in [0.5, 0.6) is 0 Å². The molecule has 0 radical (unpaired) electrons. The minimum Gasteiger partial charge on any atom is -0.308 e. The Morgan fingerprint density at radius 2 is 1.65 bits per heavy atom. The van der Waals surface area contributed by atoms with Gasteiger partial charge in [0.05, 0.1) is 40.0 Å². The van der Waals surface area contributed by atoms with E-state index in [-0.39, 0.29) is 28.4 Å². The Hall–Kier alpha value is -4.97.